The zero-order valence-corrected chi connectivity index (χ0v) is 9.30. The second-order valence-corrected chi connectivity index (χ2v) is 5.75. The van der Waals surface area contributed by atoms with Gasteiger partial charge in [0.2, 0.25) is 0 Å². The van der Waals surface area contributed by atoms with Crippen molar-refractivity contribution in [3.8, 4) is 10.4 Å². The molecule has 4 heteroatoms. The Bertz CT molecular complexity index is 353. The van der Waals surface area contributed by atoms with Gasteiger partial charge in [-0.3, -0.25) is 0 Å². The molecule has 0 aromatic carbocycles. The monoisotopic (exact) mass is 259 g/mol. The first-order chi connectivity index (χ1) is 5.75. The lowest BCUT2D eigenvalue weighted by molar-refractivity contribution is 1.86. The van der Waals surface area contributed by atoms with E-state index in [0.29, 0.717) is 0 Å². The van der Waals surface area contributed by atoms with Gasteiger partial charge in [0.15, 0.2) is 0 Å². The molecule has 2 rings (SSSR count). The second-order valence-electron chi connectivity index (χ2n) is 2.34. The first-order valence-corrected chi connectivity index (χ1v) is 5.84. The minimum atomic E-state index is 0.870. The van der Waals surface area contributed by atoms with E-state index in [9.17, 15) is 0 Å². The molecule has 2 heterocycles. The molecule has 0 aliphatic rings. The Morgan fingerprint density at radius 1 is 1.33 bits per heavy atom. The summed E-state index contributed by atoms with van der Waals surface area (Å²) in [6.07, 6.45) is 0. The number of rotatable bonds is 1. The van der Waals surface area contributed by atoms with E-state index in [1.165, 1.54) is 10.4 Å². The van der Waals surface area contributed by atoms with E-state index in [0.717, 1.165) is 8.79 Å². The highest BCUT2D eigenvalue weighted by Gasteiger charge is 2.02. The average Bonchev–Trinajstić information content (AvgIpc) is 2.58. The van der Waals surface area contributed by atoms with Gasteiger partial charge in [-0.25, -0.2) is 0 Å². The molecule has 1 nitrogen and oxygen atoms in total. The van der Waals surface area contributed by atoms with Crippen molar-refractivity contribution in [2.75, 3.05) is 5.73 Å². The zero-order chi connectivity index (χ0) is 8.55. The van der Waals surface area contributed by atoms with Crippen LogP contribution < -0.4 is 5.73 Å². The molecule has 0 saturated carbocycles. The molecule has 0 aliphatic heterocycles. The number of halogens is 1. The molecule has 0 bridgehead atoms. The quantitative estimate of drug-likeness (QED) is 0.828. The van der Waals surface area contributed by atoms with E-state index in [-0.39, 0.29) is 0 Å². The van der Waals surface area contributed by atoms with Crippen molar-refractivity contribution in [3.63, 3.8) is 0 Å². The summed E-state index contributed by atoms with van der Waals surface area (Å²) in [5.74, 6) is 0. The number of hydrogen-bond donors (Lipinski definition) is 1. The van der Waals surface area contributed by atoms with E-state index in [1.54, 1.807) is 22.7 Å². The molecule has 12 heavy (non-hydrogen) atoms. The summed E-state index contributed by atoms with van der Waals surface area (Å²) in [5.41, 5.74) is 6.85. The highest BCUT2D eigenvalue weighted by atomic mass is 79.9. The highest BCUT2D eigenvalue weighted by molar-refractivity contribution is 9.11. The van der Waals surface area contributed by atoms with Crippen molar-refractivity contribution in [2.45, 2.75) is 0 Å². The molecule has 2 aromatic heterocycles. The van der Waals surface area contributed by atoms with Crippen LogP contribution in [-0.2, 0) is 0 Å². The Kier molecular flexibility index (Phi) is 2.21. The van der Waals surface area contributed by atoms with E-state index < -0.39 is 0 Å². The first-order valence-electron chi connectivity index (χ1n) is 3.35. The van der Waals surface area contributed by atoms with Gasteiger partial charge in [0.1, 0.15) is 0 Å². The normalized spacial score (nSPS) is 10.4. The Balaban J connectivity index is 2.43. The fourth-order valence-corrected chi connectivity index (χ4v) is 3.05. The van der Waals surface area contributed by atoms with Gasteiger partial charge in [-0.15, -0.1) is 22.7 Å². The van der Waals surface area contributed by atoms with Gasteiger partial charge in [-0.05, 0) is 34.1 Å². The number of thiophene rings is 2. The maximum absolute atomic E-state index is 5.63. The lowest BCUT2D eigenvalue weighted by atomic mass is 10.3. The first kappa shape index (κ1) is 8.29. The van der Waals surface area contributed by atoms with Crippen LogP contribution in [0, 0.1) is 0 Å². The predicted molar refractivity (Wildman–Crippen MR) is 59.7 cm³/mol. The van der Waals surface area contributed by atoms with Gasteiger partial charge in [-0.2, -0.15) is 0 Å². The standard InChI is InChI=1S/C8H6BrNS2/c9-7-2-1-6(12-7)5-3-8(10)11-4-5/h1-4H,10H2. The van der Waals surface area contributed by atoms with Crippen LogP contribution in [0.15, 0.2) is 27.4 Å². The average molecular weight is 260 g/mol. The Labute approximate surface area is 87.0 Å². The van der Waals surface area contributed by atoms with Crippen LogP contribution in [0.5, 0.6) is 0 Å². The van der Waals surface area contributed by atoms with Crippen LogP contribution in [0.4, 0.5) is 5.00 Å². The Morgan fingerprint density at radius 3 is 2.67 bits per heavy atom. The largest absolute Gasteiger partial charge is 0.391 e. The van der Waals surface area contributed by atoms with E-state index >= 15 is 0 Å². The lowest BCUT2D eigenvalue weighted by Crippen LogP contribution is -1.73. The SMILES string of the molecule is Nc1cc(-c2ccc(Br)s2)cs1. The Hall–Kier alpha value is -0.320. The van der Waals surface area contributed by atoms with E-state index in [1.807, 2.05) is 12.1 Å². The van der Waals surface area contributed by atoms with Gasteiger partial charge in [-0.1, -0.05) is 0 Å². The predicted octanol–water partition coefficient (Wildman–Crippen LogP) is 3.82. The van der Waals surface area contributed by atoms with Crippen molar-refractivity contribution < 1.29 is 0 Å². The van der Waals surface area contributed by atoms with Crippen molar-refractivity contribution in [1.29, 1.82) is 0 Å². The molecule has 2 aromatic rings. The molecule has 0 aliphatic carbocycles. The zero-order valence-electron chi connectivity index (χ0n) is 6.08. The number of hydrogen-bond acceptors (Lipinski definition) is 3. The summed E-state index contributed by atoms with van der Waals surface area (Å²) in [7, 11) is 0. The molecule has 62 valence electrons. The molecular weight excluding hydrogens is 254 g/mol. The van der Waals surface area contributed by atoms with Gasteiger partial charge in [0, 0.05) is 15.8 Å². The fraction of sp³-hybridized carbons (Fsp3) is 0. The summed E-state index contributed by atoms with van der Waals surface area (Å²) in [4.78, 5) is 1.26. The van der Waals surface area contributed by atoms with Crippen LogP contribution in [0.1, 0.15) is 0 Å². The number of anilines is 1. The van der Waals surface area contributed by atoms with Crippen molar-refractivity contribution in [3.05, 3.63) is 27.4 Å². The lowest BCUT2D eigenvalue weighted by Gasteiger charge is -1.86. The van der Waals surface area contributed by atoms with Gasteiger partial charge in [0.25, 0.3) is 0 Å². The van der Waals surface area contributed by atoms with E-state index in [4.69, 9.17) is 5.73 Å². The van der Waals surface area contributed by atoms with Crippen LogP contribution >= 0.6 is 38.6 Å². The van der Waals surface area contributed by atoms with Crippen molar-refractivity contribution in [1.82, 2.24) is 0 Å². The third-order valence-electron chi connectivity index (χ3n) is 1.48. The maximum atomic E-state index is 5.63. The minimum Gasteiger partial charge on any atom is -0.391 e. The van der Waals surface area contributed by atoms with Crippen molar-refractivity contribution in [2.24, 2.45) is 0 Å². The molecule has 0 radical (unpaired) electrons. The van der Waals surface area contributed by atoms with E-state index in [2.05, 4.69) is 27.4 Å². The summed E-state index contributed by atoms with van der Waals surface area (Å²) < 4.78 is 1.15. The number of nitrogen functional groups attached to an aromatic ring is 1. The van der Waals surface area contributed by atoms with Crippen molar-refractivity contribution >= 4 is 43.6 Å². The molecule has 0 saturated heterocycles. The molecule has 0 spiro atoms. The minimum absolute atomic E-state index is 0.870. The third kappa shape index (κ3) is 1.55. The topological polar surface area (TPSA) is 26.0 Å². The molecule has 0 unspecified atom stereocenters. The summed E-state index contributed by atoms with van der Waals surface area (Å²) in [6.45, 7) is 0. The maximum Gasteiger partial charge on any atom is 0.0863 e. The summed E-state index contributed by atoms with van der Waals surface area (Å²) in [5, 5.41) is 2.95. The van der Waals surface area contributed by atoms with Crippen LogP contribution in [-0.4, -0.2) is 0 Å². The van der Waals surface area contributed by atoms with Gasteiger partial charge >= 0.3 is 0 Å². The Morgan fingerprint density at radius 2 is 2.17 bits per heavy atom. The second kappa shape index (κ2) is 3.20. The summed E-state index contributed by atoms with van der Waals surface area (Å²) >= 11 is 6.73. The fourth-order valence-electron chi connectivity index (χ4n) is 0.951. The molecule has 0 atom stereocenters. The van der Waals surface area contributed by atoms with Crippen LogP contribution in [0.25, 0.3) is 10.4 Å². The molecule has 0 fully saturated rings. The molecular formula is C8H6BrNS2. The molecule has 0 amide bonds. The van der Waals surface area contributed by atoms with Gasteiger partial charge < -0.3 is 5.73 Å². The van der Waals surface area contributed by atoms with Gasteiger partial charge in [0.05, 0.1) is 8.79 Å². The highest BCUT2D eigenvalue weighted by Crippen LogP contribution is 2.34. The summed E-state index contributed by atoms with van der Waals surface area (Å²) in [6, 6.07) is 6.15. The third-order valence-corrected chi connectivity index (χ3v) is 3.91. The van der Waals surface area contributed by atoms with Crippen LogP contribution in [0.2, 0.25) is 0 Å². The number of nitrogens with two attached hydrogens (primary N) is 1. The molecule has 2 N–H and O–H groups in total. The smallest absolute Gasteiger partial charge is 0.0863 e. The van der Waals surface area contributed by atoms with Crippen LogP contribution in [0.3, 0.4) is 0 Å².